The highest BCUT2D eigenvalue weighted by Gasteiger charge is 2.15. The molecule has 1 aromatic heterocycles. The molecular weight excluding hydrogens is 230 g/mol. The number of nitrogens with one attached hydrogen (secondary N) is 1. The van der Waals surface area contributed by atoms with Crippen LogP contribution in [0.25, 0.3) is 11.0 Å². The summed E-state index contributed by atoms with van der Waals surface area (Å²) in [5.41, 5.74) is 7.42. The zero-order valence-corrected chi connectivity index (χ0v) is 9.97. The molecule has 0 atom stereocenters. The first-order valence-electron chi connectivity index (χ1n) is 5.99. The number of benzene rings is 1. The normalized spacial score (nSPS) is 16.1. The monoisotopic (exact) mass is 245 g/mol. The number of carbonyl (C=O) groups excluding carboxylic acids is 1. The Hall–Kier alpha value is -2.08. The van der Waals surface area contributed by atoms with Gasteiger partial charge in [-0.1, -0.05) is 6.07 Å². The molecule has 94 valence electrons. The number of aromatic nitrogens is 2. The number of para-hydroxylation sites is 1. The molecule has 1 amide bonds. The molecule has 1 fully saturated rings. The van der Waals surface area contributed by atoms with Crippen LogP contribution in [-0.2, 0) is 0 Å². The first-order chi connectivity index (χ1) is 8.77. The molecule has 3 N–H and O–H groups in total. The second kappa shape index (κ2) is 4.30. The van der Waals surface area contributed by atoms with Crippen LogP contribution in [0.2, 0.25) is 0 Å². The molecule has 0 aliphatic carbocycles. The van der Waals surface area contributed by atoms with Crippen LogP contribution in [-0.4, -0.2) is 41.7 Å². The zero-order valence-electron chi connectivity index (χ0n) is 9.97. The van der Waals surface area contributed by atoms with Crippen LogP contribution in [0.15, 0.2) is 24.5 Å². The van der Waals surface area contributed by atoms with Crippen LogP contribution >= 0.6 is 0 Å². The predicted octanol–water partition coefficient (Wildman–Crippen LogP) is -0.324. The SMILES string of the molecule is NC(=O)c1cccc2c1ncn2N1CCNCC1. The van der Waals surface area contributed by atoms with Crippen LogP contribution < -0.4 is 16.1 Å². The lowest BCUT2D eigenvalue weighted by molar-refractivity contribution is 0.100. The average molecular weight is 245 g/mol. The van der Waals surface area contributed by atoms with E-state index in [1.54, 1.807) is 12.4 Å². The summed E-state index contributed by atoms with van der Waals surface area (Å²) in [7, 11) is 0. The van der Waals surface area contributed by atoms with E-state index in [4.69, 9.17) is 5.73 Å². The molecule has 6 heteroatoms. The minimum absolute atomic E-state index is 0.439. The van der Waals surface area contributed by atoms with Crippen molar-refractivity contribution in [1.29, 1.82) is 0 Å². The van der Waals surface area contributed by atoms with Crippen LogP contribution in [0.5, 0.6) is 0 Å². The molecule has 0 saturated carbocycles. The fraction of sp³-hybridized carbons (Fsp3) is 0.333. The van der Waals surface area contributed by atoms with Gasteiger partial charge in [-0.05, 0) is 12.1 Å². The maximum absolute atomic E-state index is 11.3. The van der Waals surface area contributed by atoms with Crippen LogP contribution in [0, 0.1) is 0 Å². The fourth-order valence-corrected chi connectivity index (χ4v) is 2.32. The highest BCUT2D eigenvalue weighted by atomic mass is 16.1. The molecular formula is C12H15N5O. The summed E-state index contributed by atoms with van der Waals surface area (Å²) in [5, 5.41) is 5.51. The third-order valence-corrected chi connectivity index (χ3v) is 3.22. The van der Waals surface area contributed by atoms with Gasteiger partial charge in [0.15, 0.2) is 0 Å². The molecule has 1 saturated heterocycles. The second-order valence-electron chi connectivity index (χ2n) is 4.33. The lowest BCUT2D eigenvalue weighted by atomic mass is 10.2. The number of hydrogen-bond acceptors (Lipinski definition) is 4. The molecule has 0 unspecified atom stereocenters. The number of fused-ring (bicyclic) bond motifs is 1. The number of piperazine rings is 1. The van der Waals surface area contributed by atoms with Crippen molar-refractivity contribution in [1.82, 2.24) is 15.0 Å². The number of imidazole rings is 1. The Bertz CT molecular complexity index is 585. The standard InChI is InChI=1S/C12H15N5O/c13-12(18)9-2-1-3-10-11(9)15-8-17(10)16-6-4-14-5-7-16/h1-3,8,14H,4-7H2,(H2,13,18). The minimum Gasteiger partial charge on any atom is -0.366 e. The van der Waals surface area contributed by atoms with Gasteiger partial charge in [-0.15, -0.1) is 0 Å². The summed E-state index contributed by atoms with van der Waals surface area (Å²) in [4.78, 5) is 15.7. The van der Waals surface area contributed by atoms with Gasteiger partial charge in [-0.3, -0.25) is 4.79 Å². The Morgan fingerprint density at radius 3 is 2.83 bits per heavy atom. The molecule has 18 heavy (non-hydrogen) atoms. The summed E-state index contributed by atoms with van der Waals surface area (Å²) in [6.07, 6.45) is 1.75. The van der Waals surface area contributed by atoms with E-state index in [2.05, 4.69) is 15.3 Å². The topological polar surface area (TPSA) is 76.2 Å². The van der Waals surface area contributed by atoms with Gasteiger partial charge in [0.1, 0.15) is 11.8 Å². The van der Waals surface area contributed by atoms with Gasteiger partial charge < -0.3 is 16.1 Å². The largest absolute Gasteiger partial charge is 0.366 e. The van der Waals surface area contributed by atoms with Crippen molar-refractivity contribution < 1.29 is 4.79 Å². The summed E-state index contributed by atoms with van der Waals surface area (Å²) < 4.78 is 2.00. The van der Waals surface area contributed by atoms with Gasteiger partial charge in [0.2, 0.25) is 0 Å². The zero-order chi connectivity index (χ0) is 12.5. The van der Waals surface area contributed by atoms with Gasteiger partial charge in [0.25, 0.3) is 5.91 Å². The van der Waals surface area contributed by atoms with Crippen LogP contribution in [0.3, 0.4) is 0 Å². The van der Waals surface area contributed by atoms with Crippen molar-refractivity contribution >= 4 is 16.9 Å². The number of hydrogen-bond donors (Lipinski definition) is 2. The summed E-state index contributed by atoms with van der Waals surface area (Å²) in [5.74, 6) is -0.439. The first-order valence-corrected chi connectivity index (χ1v) is 5.99. The number of carbonyl (C=O) groups is 1. The van der Waals surface area contributed by atoms with Crippen molar-refractivity contribution in [2.24, 2.45) is 5.73 Å². The van der Waals surface area contributed by atoms with Crippen molar-refractivity contribution in [2.75, 3.05) is 31.2 Å². The third kappa shape index (κ3) is 1.70. The smallest absolute Gasteiger partial charge is 0.250 e. The lowest BCUT2D eigenvalue weighted by Crippen LogP contribution is -2.48. The van der Waals surface area contributed by atoms with Crippen molar-refractivity contribution in [3.63, 3.8) is 0 Å². The molecule has 1 aromatic carbocycles. The summed E-state index contributed by atoms with van der Waals surface area (Å²) in [6.45, 7) is 3.75. The maximum atomic E-state index is 11.3. The van der Waals surface area contributed by atoms with E-state index < -0.39 is 5.91 Å². The van der Waals surface area contributed by atoms with E-state index in [0.29, 0.717) is 11.1 Å². The van der Waals surface area contributed by atoms with E-state index in [0.717, 1.165) is 31.7 Å². The molecule has 2 aromatic rings. The Labute approximate surface area is 104 Å². The van der Waals surface area contributed by atoms with Crippen molar-refractivity contribution in [3.05, 3.63) is 30.1 Å². The molecule has 0 bridgehead atoms. The van der Waals surface area contributed by atoms with E-state index in [-0.39, 0.29) is 0 Å². The average Bonchev–Trinajstić information content (AvgIpc) is 2.83. The van der Waals surface area contributed by atoms with Gasteiger partial charge in [-0.25, -0.2) is 9.66 Å². The quantitative estimate of drug-likeness (QED) is 0.760. The Morgan fingerprint density at radius 2 is 2.11 bits per heavy atom. The van der Waals surface area contributed by atoms with Gasteiger partial charge >= 0.3 is 0 Å². The number of amides is 1. The first kappa shape index (κ1) is 11.0. The van der Waals surface area contributed by atoms with Gasteiger partial charge in [0, 0.05) is 26.2 Å². The molecule has 2 heterocycles. The highest BCUT2D eigenvalue weighted by Crippen LogP contribution is 2.17. The van der Waals surface area contributed by atoms with Crippen LogP contribution in [0.1, 0.15) is 10.4 Å². The van der Waals surface area contributed by atoms with E-state index in [9.17, 15) is 4.79 Å². The molecule has 0 spiro atoms. The van der Waals surface area contributed by atoms with Crippen molar-refractivity contribution in [3.8, 4) is 0 Å². The summed E-state index contributed by atoms with van der Waals surface area (Å²) in [6, 6.07) is 5.50. The number of rotatable bonds is 2. The minimum atomic E-state index is -0.439. The number of nitrogens with two attached hydrogens (primary N) is 1. The lowest BCUT2D eigenvalue weighted by Gasteiger charge is -2.30. The van der Waals surface area contributed by atoms with Crippen molar-refractivity contribution in [2.45, 2.75) is 0 Å². The van der Waals surface area contributed by atoms with E-state index in [1.807, 2.05) is 16.8 Å². The summed E-state index contributed by atoms with van der Waals surface area (Å²) >= 11 is 0. The molecule has 3 rings (SSSR count). The fourth-order valence-electron chi connectivity index (χ4n) is 2.32. The molecule has 1 aliphatic heterocycles. The third-order valence-electron chi connectivity index (χ3n) is 3.22. The second-order valence-corrected chi connectivity index (χ2v) is 4.33. The van der Waals surface area contributed by atoms with E-state index >= 15 is 0 Å². The highest BCUT2D eigenvalue weighted by molar-refractivity contribution is 6.04. The predicted molar refractivity (Wildman–Crippen MR) is 69.1 cm³/mol. The van der Waals surface area contributed by atoms with Gasteiger partial charge in [-0.2, -0.15) is 0 Å². The molecule has 1 aliphatic rings. The Morgan fingerprint density at radius 1 is 1.33 bits per heavy atom. The number of primary amides is 1. The van der Waals surface area contributed by atoms with Gasteiger partial charge in [0.05, 0.1) is 11.1 Å². The number of nitrogens with zero attached hydrogens (tertiary/aromatic N) is 3. The Kier molecular flexibility index (Phi) is 2.64. The Balaban J connectivity index is 2.08. The molecule has 6 nitrogen and oxygen atoms in total. The molecule has 0 radical (unpaired) electrons. The van der Waals surface area contributed by atoms with E-state index in [1.165, 1.54) is 0 Å². The van der Waals surface area contributed by atoms with Crippen LogP contribution in [0.4, 0.5) is 0 Å². The maximum Gasteiger partial charge on any atom is 0.250 e.